The molecule has 0 amide bonds. The molecule has 1 N–H and O–H groups in total. The average molecular weight is 192 g/mol. The molecule has 3 heteroatoms. The van der Waals surface area contributed by atoms with Crippen molar-refractivity contribution in [1.29, 1.82) is 0 Å². The highest BCUT2D eigenvalue weighted by molar-refractivity contribution is 5.53. The Morgan fingerprint density at radius 3 is 2.93 bits per heavy atom. The molecule has 0 aliphatic heterocycles. The standard InChI is InChI=1S/C11H16N2O/c1-9-8-12-5-4-11(9)13(6-7-14)10-2-3-10/h4-5,8,10,14H,2-3,6-7H2,1H3. The lowest BCUT2D eigenvalue weighted by atomic mass is 10.2. The lowest BCUT2D eigenvalue weighted by molar-refractivity contribution is 0.301. The van der Waals surface area contributed by atoms with E-state index in [0.29, 0.717) is 6.04 Å². The van der Waals surface area contributed by atoms with Crippen molar-refractivity contribution in [1.82, 2.24) is 4.98 Å². The third kappa shape index (κ3) is 1.87. The van der Waals surface area contributed by atoms with Crippen LogP contribution in [0.15, 0.2) is 18.5 Å². The van der Waals surface area contributed by atoms with Crippen LogP contribution in [0, 0.1) is 6.92 Å². The fourth-order valence-corrected chi connectivity index (χ4v) is 1.78. The average Bonchev–Trinajstić information content (AvgIpc) is 2.99. The molecule has 3 nitrogen and oxygen atoms in total. The molecular weight excluding hydrogens is 176 g/mol. The topological polar surface area (TPSA) is 36.4 Å². The van der Waals surface area contributed by atoms with Gasteiger partial charge in [0.05, 0.1) is 6.61 Å². The zero-order valence-corrected chi connectivity index (χ0v) is 8.48. The molecule has 0 aromatic carbocycles. The quantitative estimate of drug-likeness (QED) is 0.782. The SMILES string of the molecule is Cc1cnccc1N(CCO)C1CC1. The van der Waals surface area contributed by atoms with Crippen molar-refractivity contribution in [2.45, 2.75) is 25.8 Å². The van der Waals surface area contributed by atoms with Crippen LogP contribution < -0.4 is 4.90 Å². The monoisotopic (exact) mass is 192 g/mol. The van der Waals surface area contributed by atoms with E-state index >= 15 is 0 Å². The van der Waals surface area contributed by atoms with Crippen LogP contribution in [0.25, 0.3) is 0 Å². The molecule has 14 heavy (non-hydrogen) atoms. The van der Waals surface area contributed by atoms with Crippen molar-refractivity contribution >= 4 is 5.69 Å². The first-order chi connectivity index (χ1) is 6.83. The van der Waals surface area contributed by atoms with E-state index in [9.17, 15) is 0 Å². The van der Waals surface area contributed by atoms with Gasteiger partial charge in [0.25, 0.3) is 0 Å². The number of aliphatic hydroxyl groups is 1. The molecule has 0 radical (unpaired) electrons. The number of hydrogen-bond donors (Lipinski definition) is 1. The largest absolute Gasteiger partial charge is 0.395 e. The van der Waals surface area contributed by atoms with Gasteiger partial charge >= 0.3 is 0 Å². The summed E-state index contributed by atoms with van der Waals surface area (Å²) in [4.78, 5) is 6.37. The molecule has 1 fully saturated rings. The van der Waals surface area contributed by atoms with Gasteiger partial charge in [0.15, 0.2) is 0 Å². The third-order valence-electron chi connectivity index (χ3n) is 2.63. The van der Waals surface area contributed by atoms with Gasteiger partial charge in [-0.15, -0.1) is 0 Å². The molecule has 1 saturated carbocycles. The minimum atomic E-state index is 0.220. The van der Waals surface area contributed by atoms with E-state index in [2.05, 4.69) is 16.8 Å². The maximum Gasteiger partial charge on any atom is 0.0606 e. The number of pyridine rings is 1. The van der Waals surface area contributed by atoms with E-state index in [0.717, 1.165) is 6.54 Å². The van der Waals surface area contributed by atoms with Gasteiger partial charge in [0.1, 0.15) is 0 Å². The second-order valence-electron chi connectivity index (χ2n) is 3.81. The normalized spacial score (nSPS) is 15.6. The highest BCUT2D eigenvalue weighted by atomic mass is 16.3. The summed E-state index contributed by atoms with van der Waals surface area (Å²) in [6, 6.07) is 2.67. The highest BCUT2D eigenvalue weighted by Gasteiger charge is 2.29. The molecule has 0 spiro atoms. The molecule has 76 valence electrons. The highest BCUT2D eigenvalue weighted by Crippen LogP contribution is 2.32. The van der Waals surface area contributed by atoms with Crippen molar-refractivity contribution in [2.24, 2.45) is 0 Å². The zero-order chi connectivity index (χ0) is 9.97. The number of aryl methyl sites for hydroxylation is 1. The van der Waals surface area contributed by atoms with Crippen molar-refractivity contribution in [2.75, 3.05) is 18.1 Å². The van der Waals surface area contributed by atoms with Crippen LogP contribution in [0.5, 0.6) is 0 Å². The van der Waals surface area contributed by atoms with E-state index in [-0.39, 0.29) is 6.61 Å². The van der Waals surface area contributed by atoms with Crippen LogP contribution in [0.2, 0.25) is 0 Å². The summed E-state index contributed by atoms with van der Waals surface area (Å²) in [5.41, 5.74) is 2.41. The minimum absolute atomic E-state index is 0.220. The first-order valence-corrected chi connectivity index (χ1v) is 5.11. The van der Waals surface area contributed by atoms with Crippen molar-refractivity contribution < 1.29 is 5.11 Å². The van der Waals surface area contributed by atoms with Gasteiger partial charge in [-0.3, -0.25) is 4.98 Å². The molecule has 0 bridgehead atoms. The molecule has 1 aromatic rings. The van der Waals surface area contributed by atoms with Gasteiger partial charge in [-0.25, -0.2) is 0 Å². The fraction of sp³-hybridized carbons (Fsp3) is 0.545. The number of rotatable bonds is 4. The number of anilines is 1. The Morgan fingerprint density at radius 2 is 2.36 bits per heavy atom. The Morgan fingerprint density at radius 1 is 1.57 bits per heavy atom. The van der Waals surface area contributed by atoms with Gasteiger partial charge in [-0.05, 0) is 31.4 Å². The molecule has 1 aliphatic rings. The van der Waals surface area contributed by atoms with Gasteiger partial charge < -0.3 is 10.0 Å². The molecule has 1 aliphatic carbocycles. The maximum atomic E-state index is 9.01. The lowest BCUT2D eigenvalue weighted by Crippen LogP contribution is -2.29. The van der Waals surface area contributed by atoms with Crippen LogP contribution in [-0.4, -0.2) is 29.3 Å². The molecule has 2 rings (SSSR count). The van der Waals surface area contributed by atoms with Crippen LogP contribution in [0.4, 0.5) is 5.69 Å². The van der Waals surface area contributed by atoms with Crippen molar-refractivity contribution in [3.05, 3.63) is 24.0 Å². The van der Waals surface area contributed by atoms with Crippen LogP contribution in [0.3, 0.4) is 0 Å². The van der Waals surface area contributed by atoms with E-state index < -0.39 is 0 Å². The second kappa shape index (κ2) is 3.96. The Bertz CT molecular complexity index is 310. The van der Waals surface area contributed by atoms with Crippen LogP contribution >= 0.6 is 0 Å². The summed E-state index contributed by atoms with van der Waals surface area (Å²) >= 11 is 0. The molecular formula is C11H16N2O. The molecule has 0 saturated heterocycles. The second-order valence-corrected chi connectivity index (χ2v) is 3.81. The predicted molar refractivity (Wildman–Crippen MR) is 56.4 cm³/mol. The van der Waals surface area contributed by atoms with Crippen LogP contribution in [0.1, 0.15) is 18.4 Å². The summed E-state index contributed by atoms with van der Waals surface area (Å²) in [6.45, 7) is 3.02. The van der Waals surface area contributed by atoms with Gasteiger partial charge in [0, 0.05) is 30.7 Å². The summed E-state index contributed by atoms with van der Waals surface area (Å²) in [7, 11) is 0. The summed E-state index contributed by atoms with van der Waals surface area (Å²) < 4.78 is 0. The molecule has 0 unspecified atom stereocenters. The van der Waals surface area contributed by atoms with E-state index in [1.54, 1.807) is 0 Å². The first-order valence-electron chi connectivity index (χ1n) is 5.11. The maximum absolute atomic E-state index is 9.01. The van der Waals surface area contributed by atoms with Gasteiger partial charge in [0.2, 0.25) is 0 Å². The fourth-order valence-electron chi connectivity index (χ4n) is 1.78. The number of hydrogen-bond acceptors (Lipinski definition) is 3. The number of nitrogens with zero attached hydrogens (tertiary/aromatic N) is 2. The van der Waals surface area contributed by atoms with E-state index in [1.165, 1.54) is 24.1 Å². The smallest absolute Gasteiger partial charge is 0.0606 e. The van der Waals surface area contributed by atoms with Crippen molar-refractivity contribution in [3.63, 3.8) is 0 Å². The molecule has 1 heterocycles. The van der Waals surface area contributed by atoms with Crippen LogP contribution in [-0.2, 0) is 0 Å². The van der Waals surface area contributed by atoms with Gasteiger partial charge in [-0.2, -0.15) is 0 Å². The number of aromatic nitrogens is 1. The Hall–Kier alpha value is -1.09. The first kappa shape index (κ1) is 9.46. The third-order valence-corrected chi connectivity index (χ3v) is 2.63. The molecule has 1 aromatic heterocycles. The Kier molecular flexibility index (Phi) is 2.68. The Labute approximate surface area is 84.4 Å². The predicted octanol–water partition coefficient (Wildman–Crippen LogP) is 1.35. The molecule has 0 atom stereocenters. The summed E-state index contributed by atoms with van der Waals surface area (Å²) in [6.07, 6.45) is 6.20. The summed E-state index contributed by atoms with van der Waals surface area (Å²) in [5, 5.41) is 9.01. The van der Waals surface area contributed by atoms with E-state index in [1.807, 2.05) is 18.5 Å². The lowest BCUT2D eigenvalue weighted by Gasteiger charge is -2.25. The minimum Gasteiger partial charge on any atom is -0.395 e. The number of aliphatic hydroxyl groups excluding tert-OH is 1. The van der Waals surface area contributed by atoms with Crippen molar-refractivity contribution in [3.8, 4) is 0 Å². The zero-order valence-electron chi connectivity index (χ0n) is 8.48. The van der Waals surface area contributed by atoms with E-state index in [4.69, 9.17) is 5.11 Å². The Balaban J connectivity index is 2.21. The summed E-state index contributed by atoms with van der Waals surface area (Å²) in [5.74, 6) is 0. The van der Waals surface area contributed by atoms with Gasteiger partial charge in [-0.1, -0.05) is 0 Å².